The Bertz CT molecular complexity index is 176. The van der Waals surface area contributed by atoms with E-state index in [0.29, 0.717) is 11.8 Å². The molecule has 0 rings (SSSR count). The Hall–Kier alpha value is -0.530. The van der Waals surface area contributed by atoms with Gasteiger partial charge >= 0.3 is 5.97 Å². The molecule has 2 nitrogen and oxygen atoms in total. The van der Waals surface area contributed by atoms with Crippen LogP contribution in [0.5, 0.6) is 0 Å². The molecule has 0 aliphatic heterocycles. The summed E-state index contributed by atoms with van der Waals surface area (Å²) in [6.45, 7) is 11.1. The van der Waals surface area contributed by atoms with Gasteiger partial charge in [-0.25, -0.2) is 0 Å². The molecule has 0 heterocycles. The Morgan fingerprint density at radius 1 is 0.889 bits per heavy atom. The van der Waals surface area contributed by atoms with E-state index in [4.69, 9.17) is 5.11 Å². The molecule has 0 fully saturated rings. The van der Waals surface area contributed by atoms with Gasteiger partial charge in [0.1, 0.15) is 0 Å². The van der Waals surface area contributed by atoms with Gasteiger partial charge in [0, 0.05) is 6.42 Å². The topological polar surface area (TPSA) is 37.3 Å². The fourth-order valence-electron chi connectivity index (χ4n) is 1.61. The monoisotopic (exact) mass is 258 g/mol. The first-order chi connectivity index (χ1) is 8.33. The van der Waals surface area contributed by atoms with Crippen molar-refractivity contribution >= 4 is 5.97 Å². The quantitative estimate of drug-likeness (QED) is 0.571. The summed E-state index contributed by atoms with van der Waals surface area (Å²) in [5.74, 6) is -0.675. The van der Waals surface area contributed by atoms with Gasteiger partial charge in [-0.05, 0) is 18.3 Å². The maximum atomic E-state index is 10.2. The summed E-state index contributed by atoms with van der Waals surface area (Å²) in [6.07, 6.45) is 10.1. The van der Waals surface area contributed by atoms with E-state index in [2.05, 4.69) is 34.6 Å². The number of carbonyl (C=O) groups is 1. The van der Waals surface area contributed by atoms with E-state index in [1.54, 1.807) is 0 Å². The van der Waals surface area contributed by atoms with Gasteiger partial charge in [0.25, 0.3) is 0 Å². The molecule has 18 heavy (non-hydrogen) atoms. The van der Waals surface area contributed by atoms with Crippen LogP contribution in [-0.2, 0) is 4.79 Å². The van der Waals surface area contributed by atoms with E-state index < -0.39 is 5.97 Å². The van der Waals surface area contributed by atoms with Gasteiger partial charge in [0.2, 0.25) is 0 Å². The second kappa shape index (κ2) is 12.9. The van der Waals surface area contributed by atoms with Crippen LogP contribution in [0.3, 0.4) is 0 Å². The van der Waals surface area contributed by atoms with Gasteiger partial charge in [-0.1, -0.05) is 73.1 Å². The summed E-state index contributed by atoms with van der Waals surface area (Å²) in [5.41, 5.74) is 0.392. The summed E-state index contributed by atoms with van der Waals surface area (Å²) >= 11 is 0. The van der Waals surface area contributed by atoms with Gasteiger partial charge in [-0.3, -0.25) is 4.79 Å². The number of aliphatic carboxylic acids is 1. The average Bonchev–Trinajstić information content (AvgIpc) is 2.24. The predicted molar refractivity (Wildman–Crippen MR) is 80.0 cm³/mol. The van der Waals surface area contributed by atoms with Crippen molar-refractivity contribution in [1.29, 1.82) is 0 Å². The molecule has 0 radical (unpaired) electrons. The van der Waals surface area contributed by atoms with Crippen LogP contribution in [0.1, 0.15) is 92.4 Å². The molecule has 110 valence electrons. The van der Waals surface area contributed by atoms with E-state index in [9.17, 15) is 4.79 Å². The number of unbranched alkanes of at least 4 members (excludes halogenated alkanes) is 5. The highest BCUT2D eigenvalue weighted by molar-refractivity contribution is 5.66. The molecule has 0 unspecified atom stereocenters. The molecule has 0 aromatic carbocycles. The van der Waals surface area contributed by atoms with E-state index >= 15 is 0 Å². The smallest absolute Gasteiger partial charge is 0.303 e. The minimum absolute atomic E-state index is 0.324. The predicted octanol–water partition coefficient (Wildman–Crippen LogP) is 5.65. The lowest BCUT2D eigenvalue weighted by Crippen LogP contribution is -2.04. The molecular formula is C16H34O2. The van der Waals surface area contributed by atoms with E-state index in [1.807, 2.05) is 0 Å². The average molecular weight is 258 g/mol. The number of carboxylic acid groups (broad SMARTS) is 1. The van der Waals surface area contributed by atoms with Gasteiger partial charge in [0.15, 0.2) is 0 Å². The first-order valence-electron chi connectivity index (χ1n) is 7.55. The number of rotatable bonds is 8. The molecule has 0 aromatic rings. The molecule has 0 atom stereocenters. The molecule has 0 saturated carbocycles. The molecule has 0 amide bonds. The van der Waals surface area contributed by atoms with Gasteiger partial charge in [-0.2, -0.15) is 0 Å². The normalized spacial score (nSPS) is 10.7. The second-order valence-electron chi connectivity index (χ2n) is 6.22. The minimum atomic E-state index is -0.675. The first kappa shape index (κ1) is 19.8. The van der Waals surface area contributed by atoms with Crippen LogP contribution in [0.4, 0.5) is 0 Å². The molecule has 2 heteroatoms. The van der Waals surface area contributed by atoms with Crippen LogP contribution < -0.4 is 0 Å². The third kappa shape index (κ3) is 24.6. The molecule has 0 aliphatic carbocycles. The number of hydrogen-bond acceptors (Lipinski definition) is 1. The zero-order valence-corrected chi connectivity index (χ0v) is 13.2. The highest BCUT2D eigenvalue weighted by atomic mass is 16.4. The molecule has 0 spiro atoms. The first-order valence-corrected chi connectivity index (χ1v) is 7.55. The molecule has 0 bridgehead atoms. The van der Waals surface area contributed by atoms with Crippen LogP contribution in [-0.4, -0.2) is 11.1 Å². The highest BCUT2D eigenvalue weighted by Crippen LogP contribution is 2.22. The van der Waals surface area contributed by atoms with Crippen molar-refractivity contribution in [3.63, 3.8) is 0 Å². The van der Waals surface area contributed by atoms with Crippen LogP contribution in [0.25, 0.3) is 0 Å². The van der Waals surface area contributed by atoms with Gasteiger partial charge in [-0.15, -0.1) is 0 Å². The van der Waals surface area contributed by atoms with Crippen molar-refractivity contribution in [1.82, 2.24) is 0 Å². The highest BCUT2D eigenvalue weighted by Gasteiger charge is 2.08. The Balaban J connectivity index is 0. The van der Waals surface area contributed by atoms with E-state index in [0.717, 1.165) is 19.3 Å². The largest absolute Gasteiger partial charge is 0.481 e. The molecular weight excluding hydrogens is 224 g/mol. The minimum Gasteiger partial charge on any atom is -0.481 e. The van der Waals surface area contributed by atoms with Crippen molar-refractivity contribution in [2.45, 2.75) is 92.4 Å². The Morgan fingerprint density at radius 2 is 1.39 bits per heavy atom. The summed E-state index contributed by atoms with van der Waals surface area (Å²) in [7, 11) is 0. The maximum absolute atomic E-state index is 10.2. The second-order valence-corrected chi connectivity index (χ2v) is 6.22. The molecule has 0 aliphatic rings. The van der Waals surface area contributed by atoms with Gasteiger partial charge in [0.05, 0.1) is 0 Å². The summed E-state index contributed by atoms with van der Waals surface area (Å²) < 4.78 is 0. The zero-order chi connectivity index (χ0) is 14.4. The van der Waals surface area contributed by atoms with Crippen molar-refractivity contribution in [3.8, 4) is 0 Å². The van der Waals surface area contributed by atoms with Crippen molar-refractivity contribution in [3.05, 3.63) is 0 Å². The Kier molecular flexibility index (Phi) is 14.2. The van der Waals surface area contributed by atoms with Crippen molar-refractivity contribution in [2.24, 2.45) is 5.41 Å². The third-order valence-electron chi connectivity index (χ3n) is 2.77. The zero-order valence-electron chi connectivity index (χ0n) is 13.2. The lowest BCUT2D eigenvalue weighted by atomic mass is 9.89. The fraction of sp³-hybridized carbons (Fsp3) is 0.938. The summed E-state index contributed by atoms with van der Waals surface area (Å²) in [6, 6.07) is 0. The third-order valence-corrected chi connectivity index (χ3v) is 2.77. The van der Waals surface area contributed by atoms with E-state index in [-0.39, 0.29) is 0 Å². The van der Waals surface area contributed by atoms with Crippen LogP contribution in [0.15, 0.2) is 0 Å². The summed E-state index contributed by atoms with van der Waals surface area (Å²) in [5, 5.41) is 8.37. The number of hydrogen-bond donors (Lipinski definition) is 1. The molecule has 0 saturated heterocycles. The summed E-state index contributed by atoms with van der Waals surface area (Å²) in [4.78, 5) is 10.2. The Labute approximate surface area is 114 Å². The fourth-order valence-corrected chi connectivity index (χ4v) is 1.61. The van der Waals surface area contributed by atoms with Crippen LogP contribution in [0.2, 0.25) is 0 Å². The lowest BCUT2D eigenvalue weighted by Gasteiger charge is -2.17. The molecule has 1 N–H and O–H groups in total. The van der Waals surface area contributed by atoms with E-state index in [1.165, 1.54) is 32.1 Å². The SMILES string of the molecule is CC(C)(C)CCCCCC(=O)O.CCCCCC. The number of carboxylic acids is 1. The van der Waals surface area contributed by atoms with Crippen LogP contribution in [0, 0.1) is 5.41 Å². The lowest BCUT2D eigenvalue weighted by molar-refractivity contribution is -0.137. The molecule has 0 aromatic heterocycles. The van der Waals surface area contributed by atoms with Crippen molar-refractivity contribution in [2.75, 3.05) is 0 Å². The van der Waals surface area contributed by atoms with Crippen LogP contribution >= 0.6 is 0 Å². The maximum Gasteiger partial charge on any atom is 0.303 e. The van der Waals surface area contributed by atoms with Gasteiger partial charge < -0.3 is 5.11 Å². The standard InChI is InChI=1S/C10H20O2.C6H14/c1-10(2,3)8-6-4-5-7-9(11)12;1-3-5-6-4-2/h4-8H2,1-3H3,(H,11,12);3-6H2,1-2H3. The Morgan fingerprint density at radius 3 is 1.72 bits per heavy atom. The van der Waals surface area contributed by atoms with Crippen molar-refractivity contribution < 1.29 is 9.90 Å².